The van der Waals surface area contributed by atoms with Crippen molar-refractivity contribution in [2.75, 3.05) is 11.4 Å². The number of aromatic amines is 1. The Hall–Kier alpha value is -2.54. The first-order valence-corrected chi connectivity index (χ1v) is 8.01. The van der Waals surface area contributed by atoms with E-state index in [1.807, 2.05) is 6.07 Å². The van der Waals surface area contributed by atoms with Gasteiger partial charge in [0.05, 0.1) is 16.1 Å². The lowest BCUT2D eigenvalue weighted by Crippen LogP contribution is -2.27. The van der Waals surface area contributed by atoms with Crippen molar-refractivity contribution in [2.45, 2.75) is 11.8 Å². The molecule has 0 bridgehead atoms. The van der Waals surface area contributed by atoms with Gasteiger partial charge in [-0.15, -0.1) is 0 Å². The number of oxazole rings is 1. The van der Waals surface area contributed by atoms with Crippen molar-refractivity contribution >= 4 is 26.8 Å². The van der Waals surface area contributed by atoms with E-state index < -0.39 is 15.8 Å². The summed E-state index contributed by atoms with van der Waals surface area (Å²) in [5.41, 5.74) is 1.78. The Morgan fingerprint density at radius 1 is 1.14 bits per heavy atom. The minimum atomic E-state index is -3.75. The minimum absolute atomic E-state index is 0.106. The Morgan fingerprint density at radius 2 is 1.82 bits per heavy atom. The van der Waals surface area contributed by atoms with Crippen LogP contribution in [0.2, 0.25) is 0 Å². The first-order chi connectivity index (χ1) is 10.4. The van der Waals surface area contributed by atoms with Crippen molar-refractivity contribution in [3.05, 3.63) is 58.6 Å². The van der Waals surface area contributed by atoms with Gasteiger partial charge >= 0.3 is 5.76 Å². The van der Waals surface area contributed by atoms with Crippen LogP contribution in [-0.4, -0.2) is 20.4 Å². The number of nitrogens with one attached hydrogen (secondary N) is 1. The fraction of sp³-hybridized carbons (Fsp3) is 0.133. The normalized spacial score (nSPS) is 11.7. The highest BCUT2D eigenvalue weighted by Gasteiger charge is 2.24. The Morgan fingerprint density at radius 3 is 2.50 bits per heavy atom. The second-order valence-electron chi connectivity index (χ2n) is 4.94. The molecule has 0 amide bonds. The van der Waals surface area contributed by atoms with E-state index in [0.29, 0.717) is 16.8 Å². The van der Waals surface area contributed by atoms with Crippen molar-refractivity contribution in [3.63, 3.8) is 0 Å². The maximum atomic E-state index is 12.8. The number of benzene rings is 2. The monoisotopic (exact) mass is 318 g/mol. The molecular formula is C15H14N2O4S. The van der Waals surface area contributed by atoms with Gasteiger partial charge in [-0.1, -0.05) is 18.2 Å². The van der Waals surface area contributed by atoms with Gasteiger partial charge in [0.1, 0.15) is 0 Å². The molecule has 3 aromatic rings. The SMILES string of the molecule is Cc1cc2[nH]c(=O)oc2cc1S(=O)(=O)N(C)c1ccccc1. The van der Waals surface area contributed by atoms with Gasteiger partial charge in [0, 0.05) is 13.1 Å². The van der Waals surface area contributed by atoms with E-state index in [1.165, 1.54) is 17.4 Å². The van der Waals surface area contributed by atoms with Gasteiger partial charge in [-0.05, 0) is 30.7 Å². The van der Waals surface area contributed by atoms with Crippen LogP contribution in [-0.2, 0) is 10.0 Å². The molecule has 0 atom stereocenters. The summed E-state index contributed by atoms with van der Waals surface area (Å²) >= 11 is 0. The Balaban J connectivity index is 2.16. The molecule has 22 heavy (non-hydrogen) atoms. The predicted molar refractivity (Wildman–Crippen MR) is 83.6 cm³/mol. The second kappa shape index (κ2) is 5.03. The standard InChI is InChI=1S/C15H14N2O4S/c1-10-8-12-13(21-15(18)16-12)9-14(10)22(19,20)17(2)11-6-4-3-5-7-11/h3-9H,1-2H3,(H,16,18). The number of sulfonamides is 1. The third kappa shape index (κ3) is 2.29. The first kappa shape index (κ1) is 14.4. The fourth-order valence-corrected chi connectivity index (χ4v) is 3.71. The van der Waals surface area contributed by atoms with E-state index in [0.717, 1.165) is 0 Å². The Kier molecular flexibility index (Phi) is 3.29. The first-order valence-electron chi connectivity index (χ1n) is 6.57. The molecule has 6 nitrogen and oxygen atoms in total. The van der Waals surface area contributed by atoms with Crippen LogP contribution in [0.25, 0.3) is 11.1 Å². The van der Waals surface area contributed by atoms with Crippen molar-refractivity contribution in [1.29, 1.82) is 0 Å². The van der Waals surface area contributed by atoms with Gasteiger partial charge < -0.3 is 4.42 Å². The summed E-state index contributed by atoms with van der Waals surface area (Å²) in [5, 5.41) is 0. The average molecular weight is 318 g/mol. The van der Waals surface area contributed by atoms with Gasteiger partial charge in [-0.25, -0.2) is 13.2 Å². The molecule has 0 aliphatic heterocycles. The van der Waals surface area contributed by atoms with E-state index in [1.54, 1.807) is 37.3 Å². The maximum absolute atomic E-state index is 12.8. The van der Waals surface area contributed by atoms with Crippen molar-refractivity contribution in [2.24, 2.45) is 0 Å². The smallest absolute Gasteiger partial charge is 0.408 e. The molecular weight excluding hydrogens is 304 g/mol. The summed E-state index contributed by atoms with van der Waals surface area (Å²) in [6.45, 7) is 1.68. The summed E-state index contributed by atoms with van der Waals surface area (Å²) in [6.07, 6.45) is 0. The van der Waals surface area contributed by atoms with E-state index in [-0.39, 0.29) is 10.5 Å². The lowest BCUT2D eigenvalue weighted by atomic mass is 10.2. The third-order valence-corrected chi connectivity index (χ3v) is 5.40. The molecule has 3 rings (SSSR count). The van der Waals surface area contributed by atoms with Crippen LogP contribution in [0.5, 0.6) is 0 Å². The lowest BCUT2D eigenvalue weighted by Gasteiger charge is -2.20. The fourth-order valence-electron chi connectivity index (χ4n) is 2.29. The van der Waals surface area contributed by atoms with Crippen LogP contribution in [0, 0.1) is 6.92 Å². The molecule has 114 valence electrons. The molecule has 0 fully saturated rings. The summed E-state index contributed by atoms with van der Waals surface area (Å²) in [5.74, 6) is -0.611. The number of fused-ring (bicyclic) bond motifs is 1. The number of H-pyrrole nitrogens is 1. The molecule has 0 aliphatic rings. The summed E-state index contributed by atoms with van der Waals surface area (Å²) in [4.78, 5) is 13.8. The van der Waals surface area contributed by atoms with Crippen LogP contribution in [0.4, 0.5) is 5.69 Å². The van der Waals surface area contributed by atoms with Crippen LogP contribution < -0.4 is 10.1 Å². The van der Waals surface area contributed by atoms with Crippen LogP contribution in [0.15, 0.2) is 56.6 Å². The molecule has 0 unspecified atom stereocenters. The molecule has 7 heteroatoms. The summed E-state index contributed by atoms with van der Waals surface area (Å²) < 4.78 is 31.8. The molecule has 0 saturated heterocycles. The number of hydrogen-bond acceptors (Lipinski definition) is 4. The van der Waals surface area contributed by atoms with Crippen molar-refractivity contribution < 1.29 is 12.8 Å². The summed E-state index contributed by atoms with van der Waals surface area (Å²) in [6, 6.07) is 11.7. The van der Waals surface area contributed by atoms with E-state index in [2.05, 4.69) is 4.98 Å². The van der Waals surface area contributed by atoms with Gasteiger partial charge in [0.25, 0.3) is 10.0 Å². The van der Waals surface area contributed by atoms with Gasteiger partial charge in [-0.2, -0.15) is 0 Å². The predicted octanol–water partition coefficient (Wildman–Crippen LogP) is 2.25. The number of aryl methyl sites for hydroxylation is 1. The maximum Gasteiger partial charge on any atom is 0.417 e. The second-order valence-corrected chi connectivity index (χ2v) is 6.87. The third-order valence-electron chi connectivity index (χ3n) is 3.47. The highest BCUT2D eigenvalue weighted by atomic mass is 32.2. The van der Waals surface area contributed by atoms with Crippen LogP contribution in [0.3, 0.4) is 0 Å². The number of hydrogen-bond donors (Lipinski definition) is 1. The van der Waals surface area contributed by atoms with Gasteiger partial charge in [0.2, 0.25) is 0 Å². The molecule has 1 N–H and O–H groups in total. The van der Waals surface area contributed by atoms with E-state index >= 15 is 0 Å². The molecule has 0 radical (unpaired) electrons. The van der Waals surface area contributed by atoms with Crippen LogP contribution >= 0.6 is 0 Å². The average Bonchev–Trinajstić information content (AvgIpc) is 2.85. The highest BCUT2D eigenvalue weighted by molar-refractivity contribution is 7.92. The number of para-hydroxylation sites is 1. The molecule has 0 aliphatic carbocycles. The quantitative estimate of drug-likeness (QED) is 0.803. The molecule has 0 spiro atoms. The zero-order chi connectivity index (χ0) is 15.9. The zero-order valence-corrected chi connectivity index (χ0v) is 12.8. The zero-order valence-electron chi connectivity index (χ0n) is 12.0. The minimum Gasteiger partial charge on any atom is -0.408 e. The number of rotatable bonds is 3. The van der Waals surface area contributed by atoms with Gasteiger partial charge in [0.15, 0.2) is 5.58 Å². The highest BCUT2D eigenvalue weighted by Crippen LogP contribution is 2.26. The molecule has 0 saturated carbocycles. The molecule has 2 aromatic carbocycles. The largest absolute Gasteiger partial charge is 0.417 e. The topological polar surface area (TPSA) is 83.4 Å². The van der Waals surface area contributed by atoms with Crippen molar-refractivity contribution in [3.8, 4) is 0 Å². The Bertz CT molecular complexity index is 987. The molecule has 1 heterocycles. The van der Waals surface area contributed by atoms with Gasteiger partial charge in [-0.3, -0.25) is 9.29 Å². The number of aromatic nitrogens is 1. The van der Waals surface area contributed by atoms with Crippen molar-refractivity contribution in [1.82, 2.24) is 4.98 Å². The van der Waals surface area contributed by atoms with E-state index in [9.17, 15) is 13.2 Å². The summed E-state index contributed by atoms with van der Waals surface area (Å²) in [7, 11) is -2.26. The lowest BCUT2D eigenvalue weighted by molar-refractivity contribution is 0.553. The van der Waals surface area contributed by atoms with E-state index in [4.69, 9.17) is 4.42 Å². The Labute approximate surface area is 127 Å². The number of anilines is 1. The van der Waals surface area contributed by atoms with Crippen LogP contribution in [0.1, 0.15) is 5.56 Å². The number of nitrogens with zero attached hydrogens (tertiary/aromatic N) is 1. The molecule has 1 aromatic heterocycles.